The molecule has 0 atom stereocenters. The Labute approximate surface area is 128 Å². The van der Waals surface area contributed by atoms with Crippen LogP contribution in [-0.4, -0.2) is 19.6 Å². The summed E-state index contributed by atoms with van der Waals surface area (Å²) >= 11 is 6.22. The van der Waals surface area contributed by atoms with E-state index in [1.54, 1.807) is 0 Å². The van der Waals surface area contributed by atoms with E-state index < -0.39 is 0 Å². The van der Waals surface area contributed by atoms with Gasteiger partial charge in [-0.25, -0.2) is 0 Å². The molecular weight excluding hydrogens is 268 g/mol. The molecule has 1 saturated heterocycles. The summed E-state index contributed by atoms with van der Waals surface area (Å²) in [6, 6.07) is 6.30. The highest BCUT2D eigenvalue weighted by molar-refractivity contribution is 6.30. The standard InChI is InChI=1S/C17H27ClN2/c1-4-9-19-12-14-6-7-15(18)11-16(14)20-10-5-8-17(2,3)13-20/h6-7,11,19H,4-5,8-10,12-13H2,1-3H3. The van der Waals surface area contributed by atoms with Crippen molar-refractivity contribution in [2.75, 3.05) is 24.5 Å². The number of nitrogens with zero attached hydrogens (tertiary/aromatic N) is 1. The van der Waals surface area contributed by atoms with Crippen LogP contribution >= 0.6 is 11.6 Å². The van der Waals surface area contributed by atoms with Crippen molar-refractivity contribution < 1.29 is 0 Å². The lowest BCUT2D eigenvalue weighted by molar-refractivity contribution is 0.293. The fourth-order valence-electron chi connectivity index (χ4n) is 3.01. The Bertz CT molecular complexity index is 443. The maximum atomic E-state index is 6.22. The molecule has 1 N–H and O–H groups in total. The van der Waals surface area contributed by atoms with Crippen molar-refractivity contribution in [1.82, 2.24) is 5.32 Å². The van der Waals surface area contributed by atoms with Gasteiger partial charge in [-0.3, -0.25) is 0 Å². The van der Waals surface area contributed by atoms with Crippen molar-refractivity contribution in [2.24, 2.45) is 5.41 Å². The van der Waals surface area contributed by atoms with E-state index in [0.29, 0.717) is 5.41 Å². The minimum Gasteiger partial charge on any atom is -0.371 e. The maximum absolute atomic E-state index is 6.22. The van der Waals surface area contributed by atoms with Crippen molar-refractivity contribution in [3.63, 3.8) is 0 Å². The Morgan fingerprint density at radius 1 is 1.35 bits per heavy atom. The monoisotopic (exact) mass is 294 g/mol. The number of anilines is 1. The predicted octanol–water partition coefficient (Wildman–Crippen LogP) is 4.47. The van der Waals surface area contributed by atoms with E-state index in [2.05, 4.69) is 43.1 Å². The average molecular weight is 295 g/mol. The lowest BCUT2D eigenvalue weighted by atomic mass is 9.84. The molecule has 1 aliphatic heterocycles. The zero-order valence-electron chi connectivity index (χ0n) is 13.0. The number of hydrogen-bond acceptors (Lipinski definition) is 2. The number of halogens is 1. The summed E-state index contributed by atoms with van der Waals surface area (Å²) in [4.78, 5) is 2.51. The van der Waals surface area contributed by atoms with Gasteiger partial charge in [0, 0.05) is 30.3 Å². The second-order valence-electron chi connectivity index (χ2n) is 6.64. The zero-order valence-corrected chi connectivity index (χ0v) is 13.8. The zero-order chi connectivity index (χ0) is 14.6. The number of nitrogens with one attached hydrogen (secondary N) is 1. The number of hydrogen-bond donors (Lipinski definition) is 1. The predicted molar refractivity (Wildman–Crippen MR) is 88.7 cm³/mol. The lowest BCUT2D eigenvalue weighted by Gasteiger charge is -2.40. The van der Waals surface area contributed by atoms with E-state index in [1.165, 1.54) is 30.5 Å². The van der Waals surface area contributed by atoms with E-state index in [9.17, 15) is 0 Å². The lowest BCUT2D eigenvalue weighted by Crippen LogP contribution is -2.40. The van der Waals surface area contributed by atoms with Gasteiger partial charge in [0.15, 0.2) is 0 Å². The molecule has 1 aromatic carbocycles. The fourth-order valence-corrected chi connectivity index (χ4v) is 3.18. The molecule has 0 unspecified atom stereocenters. The molecule has 1 aliphatic rings. The largest absolute Gasteiger partial charge is 0.371 e. The van der Waals surface area contributed by atoms with Gasteiger partial charge < -0.3 is 10.2 Å². The normalized spacial score (nSPS) is 18.3. The Hall–Kier alpha value is -0.730. The highest BCUT2D eigenvalue weighted by atomic mass is 35.5. The number of rotatable bonds is 5. The van der Waals surface area contributed by atoms with Gasteiger partial charge in [0.2, 0.25) is 0 Å². The van der Waals surface area contributed by atoms with Gasteiger partial charge >= 0.3 is 0 Å². The summed E-state index contributed by atoms with van der Waals surface area (Å²) in [6.45, 7) is 11.2. The first-order chi connectivity index (χ1) is 9.52. The Morgan fingerprint density at radius 2 is 2.15 bits per heavy atom. The molecule has 0 bridgehead atoms. The third-order valence-electron chi connectivity index (χ3n) is 4.03. The van der Waals surface area contributed by atoms with Crippen LogP contribution in [0.25, 0.3) is 0 Å². The molecule has 1 fully saturated rings. The van der Waals surface area contributed by atoms with Crippen molar-refractivity contribution in [3.8, 4) is 0 Å². The number of benzene rings is 1. The molecule has 0 spiro atoms. The summed E-state index contributed by atoms with van der Waals surface area (Å²) in [5, 5.41) is 4.34. The van der Waals surface area contributed by atoms with Gasteiger partial charge in [0.1, 0.15) is 0 Å². The topological polar surface area (TPSA) is 15.3 Å². The maximum Gasteiger partial charge on any atom is 0.0426 e. The van der Waals surface area contributed by atoms with Crippen LogP contribution in [0.15, 0.2) is 18.2 Å². The minimum absolute atomic E-state index is 0.398. The first-order valence-corrected chi connectivity index (χ1v) is 8.14. The van der Waals surface area contributed by atoms with E-state index in [-0.39, 0.29) is 0 Å². The second kappa shape index (κ2) is 6.82. The van der Waals surface area contributed by atoms with E-state index in [0.717, 1.165) is 31.2 Å². The fraction of sp³-hybridized carbons (Fsp3) is 0.647. The summed E-state index contributed by atoms with van der Waals surface area (Å²) < 4.78 is 0. The van der Waals surface area contributed by atoms with E-state index >= 15 is 0 Å². The smallest absolute Gasteiger partial charge is 0.0426 e. The first kappa shape index (κ1) is 15.7. The summed E-state index contributed by atoms with van der Waals surface area (Å²) in [7, 11) is 0. The highest BCUT2D eigenvalue weighted by Crippen LogP contribution is 2.34. The van der Waals surface area contributed by atoms with E-state index in [1.807, 2.05) is 6.07 Å². The molecule has 1 heterocycles. The third-order valence-corrected chi connectivity index (χ3v) is 4.27. The van der Waals surface area contributed by atoms with Crippen LogP contribution in [0.3, 0.4) is 0 Å². The van der Waals surface area contributed by atoms with Gasteiger partial charge in [-0.2, -0.15) is 0 Å². The molecule has 20 heavy (non-hydrogen) atoms. The first-order valence-electron chi connectivity index (χ1n) is 7.76. The molecule has 112 valence electrons. The van der Waals surface area contributed by atoms with Crippen LogP contribution in [0.5, 0.6) is 0 Å². The minimum atomic E-state index is 0.398. The molecule has 2 rings (SSSR count). The molecule has 0 radical (unpaired) electrons. The van der Waals surface area contributed by atoms with Crippen molar-refractivity contribution in [1.29, 1.82) is 0 Å². The molecule has 3 heteroatoms. The molecule has 1 aromatic rings. The van der Waals surface area contributed by atoms with Gasteiger partial charge in [-0.05, 0) is 48.9 Å². The SMILES string of the molecule is CCCNCc1ccc(Cl)cc1N1CCCC(C)(C)C1. The average Bonchev–Trinajstić information content (AvgIpc) is 2.39. The molecule has 0 aromatic heterocycles. The second-order valence-corrected chi connectivity index (χ2v) is 7.08. The number of piperidine rings is 1. The van der Waals surface area contributed by atoms with Crippen LogP contribution in [-0.2, 0) is 6.54 Å². The van der Waals surface area contributed by atoms with Crippen LogP contribution in [0.1, 0.15) is 45.6 Å². The van der Waals surface area contributed by atoms with Gasteiger partial charge in [-0.15, -0.1) is 0 Å². The van der Waals surface area contributed by atoms with E-state index in [4.69, 9.17) is 11.6 Å². The molecular formula is C17H27ClN2. The molecule has 0 aliphatic carbocycles. The summed E-state index contributed by atoms with van der Waals surface area (Å²) in [6.07, 6.45) is 3.74. The molecule has 0 saturated carbocycles. The van der Waals surface area contributed by atoms with Crippen molar-refractivity contribution >= 4 is 17.3 Å². The van der Waals surface area contributed by atoms with Crippen LogP contribution < -0.4 is 10.2 Å². The van der Waals surface area contributed by atoms with Crippen LogP contribution in [0, 0.1) is 5.41 Å². The van der Waals surface area contributed by atoms with Crippen molar-refractivity contribution in [3.05, 3.63) is 28.8 Å². The Morgan fingerprint density at radius 3 is 2.85 bits per heavy atom. The van der Waals surface area contributed by atoms with Gasteiger partial charge in [0.05, 0.1) is 0 Å². The highest BCUT2D eigenvalue weighted by Gasteiger charge is 2.27. The van der Waals surface area contributed by atoms with Gasteiger partial charge in [-0.1, -0.05) is 38.4 Å². The summed E-state index contributed by atoms with van der Waals surface area (Å²) in [5.41, 5.74) is 3.07. The molecule has 2 nitrogen and oxygen atoms in total. The third kappa shape index (κ3) is 4.13. The Balaban J connectivity index is 2.17. The van der Waals surface area contributed by atoms with Crippen LogP contribution in [0.4, 0.5) is 5.69 Å². The quantitative estimate of drug-likeness (QED) is 0.806. The Kier molecular flexibility index (Phi) is 5.34. The van der Waals surface area contributed by atoms with Crippen molar-refractivity contribution in [2.45, 2.75) is 46.6 Å². The van der Waals surface area contributed by atoms with Gasteiger partial charge in [0.25, 0.3) is 0 Å². The van der Waals surface area contributed by atoms with Crippen LogP contribution in [0.2, 0.25) is 5.02 Å². The molecule has 0 amide bonds. The summed E-state index contributed by atoms with van der Waals surface area (Å²) in [5.74, 6) is 0.